The molecule has 514 valence electrons. The SMILES string of the molecule is CCCCCCC/C=C\C/C=C\C/C=C\CCCCCCCCCCCCCCCCCCCCCCCCC(=O)OC(COC(=O)CCCCCCCCCCCCCCCCCCCCCCCCCCCC)COP(=O)(O)OCC[N+](C)(C)C. The molecule has 0 aliphatic carbocycles. The minimum Gasteiger partial charge on any atom is -0.462 e. The number of esters is 2. The molecule has 0 heterocycles. The number of hydrogen-bond acceptors (Lipinski definition) is 7. The van der Waals surface area contributed by atoms with Gasteiger partial charge in [-0.3, -0.25) is 18.6 Å². The Kier molecular flexibility index (Phi) is 67.2. The van der Waals surface area contributed by atoms with Gasteiger partial charge in [-0.1, -0.05) is 365 Å². The van der Waals surface area contributed by atoms with Crippen molar-refractivity contribution in [2.75, 3.05) is 47.5 Å². The highest BCUT2D eigenvalue weighted by atomic mass is 31.2. The summed E-state index contributed by atoms with van der Waals surface area (Å²) in [5.74, 6) is -0.771. The Morgan fingerprint density at radius 3 is 0.920 bits per heavy atom. The molecule has 0 bridgehead atoms. The third-order valence-corrected chi connectivity index (χ3v) is 18.4. The Labute approximate surface area is 541 Å². The van der Waals surface area contributed by atoms with Crippen LogP contribution in [0.2, 0.25) is 0 Å². The van der Waals surface area contributed by atoms with Gasteiger partial charge < -0.3 is 18.9 Å². The van der Waals surface area contributed by atoms with Gasteiger partial charge in [-0.05, 0) is 51.4 Å². The van der Waals surface area contributed by atoms with Crippen molar-refractivity contribution in [1.82, 2.24) is 0 Å². The maximum absolute atomic E-state index is 12.9. The minimum atomic E-state index is -4.39. The van der Waals surface area contributed by atoms with E-state index in [0.717, 1.165) is 44.9 Å². The molecule has 0 fully saturated rings. The number of hydrogen-bond donors (Lipinski definition) is 1. The Hall–Kier alpha value is -1.77. The number of unbranched alkanes of at least 4 members (excludes halogenated alkanes) is 52. The smallest absolute Gasteiger partial charge is 0.462 e. The molecule has 9 nitrogen and oxygen atoms in total. The molecule has 0 aromatic rings. The number of phosphoric acid groups is 1. The lowest BCUT2D eigenvalue weighted by Gasteiger charge is -2.24. The fraction of sp³-hybridized carbons (Fsp3) is 0.896. The van der Waals surface area contributed by atoms with Crippen molar-refractivity contribution in [3.05, 3.63) is 36.5 Å². The Morgan fingerprint density at radius 1 is 0.356 bits per heavy atom. The summed E-state index contributed by atoms with van der Waals surface area (Å²) in [4.78, 5) is 35.9. The van der Waals surface area contributed by atoms with E-state index in [1.165, 1.54) is 315 Å². The summed E-state index contributed by atoms with van der Waals surface area (Å²) < 4.78 is 34.8. The van der Waals surface area contributed by atoms with Gasteiger partial charge in [0.2, 0.25) is 0 Å². The zero-order valence-corrected chi connectivity index (χ0v) is 59.7. The van der Waals surface area contributed by atoms with E-state index < -0.39 is 26.5 Å². The van der Waals surface area contributed by atoms with Crippen molar-refractivity contribution in [3.63, 3.8) is 0 Å². The second-order valence-electron chi connectivity index (χ2n) is 27.4. The standard InChI is InChI=1S/C77H148NO8P/c1-6-8-10-12-14-16-18-20-22-24-26-28-30-32-34-35-36-37-38-39-40-41-42-43-44-46-48-50-52-54-56-58-60-62-64-66-68-70-77(80)86-75(74-85-87(81,82)84-72-71-78(3,4)5)73-83-76(79)69-67-65-63-61-59-57-55-53-51-49-47-45-33-31-29-27-25-23-21-19-17-15-13-11-9-7-2/h18,20,24,26,30,32,75H,6-17,19,21-23,25,27-29,31,33-74H2,1-5H3/p+1/b20-18-,26-24-,32-30-. The normalized spacial score (nSPS) is 13.2. The van der Waals surface area contributed by atoms with Crippen molar-refractivity contribution in [2.24, 2.45) is 0 Å². The van der Waals surface area contributed by atoms with Gasteiger partial charge in [0.15, 0.2) is 6.10 Å². The fourth-order valence-electron chi connectivity index (χ4n) is 11.6. The number of phosphoric ester groups is 1. The Bertz CT molecular complexity index is 1560. The largest absolute Gasteiger partial charge is 0.472 e. The molecule has 0 aliphatic rings. The van der Waals surface area contributed by atoms with Crippen molar-refractivity contribution in [1.29, 1.82) is 0 Å². The van der Waals surface area contributed by atoms with Gasteiger partial charge in [-0.25, -0.2) is 4.57 Å². The average Bonchev–Trinajstić information content (AvgIpc) is 3.56. The highest BCUT2D eigenvalue weighted by Crippen LogP contribution is 2.43. The quantitative estimate of drug-likeness (QED) is 0.0211. The molecular formula is C77H149NO8P+. The van der Waals surface area contributed by atoms with Crippen molar-refractivity contribution in [3.8, 4) is 0 Å². The second-order valence-corrected chi connectivity index (χ2v) is 28.9. The summed E-state index contributed by atoms with van der Waals surface area (Å²) in [6.07, 6.45) is 88.5. The summed E-state index contributed by atoms with van der Waals surface area (Å²) in [5.41, 5.74) is 0. The average molecular weight is 1250 g/mol. The topological polar surface area (TPSA) is 108 Å². The minimum absolute atomic E-state index is 0.0355. The van der Waals surface area contributed by atoms with Crippen LogP contribution >= 0.6 is 7.82 Å². The van der Waals surface area contributed by atoms with Crippen LogP contribution in [0.15, 0.2) is 36.5 Å². The van der Waals surface area contributed by atoms with Crippen LogP contribution in [0.3, 0.4) is 0 Å². The van der Waals surface area contributed by atoms with E-state index >= 15 is 0 Å². The second kappa shape index (κ2) is 68.6. The van der Waals surface area contributed by atoms with Crippen LogP contribution in [0.4, 0.5) is 0 Å². The molecular weight excluding hydrogens is 1100 g/mol. The van der Waals surface area contributed by atoms with E-state index in [-0.39, 0.29) is 25.6 Å². The lowest BCUT2D eigenvalue weighted by molar-refractivity contribution is -0.870. The number of carbonyl (C=O) groups excluding carboxylic acids is 2. The molecule has 0 rings (SSSR count). The first-order valence-electron chi connectivity index (χ1n) is 38.2. The zero-order valence-electron chi connectivity index (χ0n) is 58.8. The highest BCUT2D eigenvalue weighted by molar-refractivity contribution is 7.47. The van der Waals surface area contributed by atoms with E-state index in [1.807, 2.05) is 21.1 Å². The van der Waals surface area contributed by atoms with E-state index in [1.54, 1.807) is 0 Å². The summed E-state index contributed by atoms with van der Waals surface area (Å²) in [7, 11) is 1.50. The third kappa shape index (κ3) is 73.2. The number of likely N-dealkylation sites (N-methyl/N-ethyl adjacent to an activating group) is 1. The maximum atomic E-state index is 12.9. The molecule has 0 saturated carbocycles. The zero-order chi connectivity index (χ0) is 63.4. The first-order chi connectivity index (χ1) is 42.5. The number of quaternary nitrogens is 1. The Morgan fingerprint density at radius 2 is 0.621 bits per heavy atom. The van der Waals surface area contributed by atoms with Gasteiger partial charge in [-0.2, -0.15) is 0 Å². The molecule has 0 saturated heterocycles. The molecule has 0 aromatic heterocycles. The lowest BCUT2D eigenvalue weighted by Crippen LogP contribution is -2.37. The van der Waals surface area contributed by atoms with E-state index in [0.29, 0.717) is 23.9 Å². The highest BCUT2D eigenvalue weighted by Gasteiger charge is 2.27. The van der Waals surface area contributed by atoms with Crippen molar-refractivity contribution >= 4 is 19.8 Å². The first kappa shape index (κ1) is 85.2. The van der Waals surface area contributed by atoms with Crippen LogP contribution in [-0.4, -0.2) is 74.9 Å². The molecule has 87 heavy (non-hydrogen) atoms. The maximum Gasteiger partial charge on any atom is 0.472 e. The molecule has 2 atom stereocenters. The van der Waals surface area contributed by atoms with Gasteiger partial charge in [0.1, 0.15) is 19.8 Å². The van der Waals surface area contributed by atoms with E-state index in [2.05, 4.69) is 50.3 Å². The monoisotopic (exact) mass is 1250 g/mol. The van der Waals surface area contributed by atoms with Gasteiger partial charge in [0.05, 0.1) is 27.7 Å². The third-order valence-electron chi connectivity index (χ3n) is 17.4. The fourth-order valence-corrected chi connectivity index (χ4v) is 12.3. The summed E-state index contributed by atoms with van der Waals surface area (Å²) in [6, 6.07) is 0. The van der Waals surface area contributed by atoms with Crippen LogP contribution in [0, 0.1) is 0 Å². The van der Waals surface area contributed by atoms with Crippen molar-refractivity contribution in [2.45, 2.75) is 399 Å². The summed E-state index contributed by atoms with van der Waals surface area (Å²) >= 11 is 0. The number of nitrogens with zero attached hydrogens (tertiary/aromatic N) is 1. The van der Waals surface area contributed by atoms with E-state index in [9.17, 15) is 19.0 Å². The number of ether oxygens (including phenoxy) is 2. The van der Waals surface area contributed by atoms with Gasteiger partial charge in [0, 0.05) is 12.8 Å². The molecule has 10 heteroatoms. The van der Waals surface area contributed by atoms with Crippen LogP contribution in [-0.2, 0) is 32.7 Å². The lowest BCUT2D eigenvalue weighted by atomic mass is 10.0. The molecule has 0 amide bonds. The number of allylic oxidation sites excluding steroid dienone is 6. The first-order valence-corrected chi connectivity index (χ1v) is 39.7. The molecule has 0 aromatic carbocycles. The van der Waals surface area contributed by atoms with E-state index in [4.69, 9.17) is 18.5 Å². The molecule has 0 aliphatic heterocycles. The van der Waals surface area contributed by atoms with Crippen LogP contribution in [0.25, 0.3) is 0 Å². The summed E-state index contributed by atoms with van der Waals surface area (Å²) in [5, 5.41) is 0. The van der Waals surface area contributed by atoms with Gasteiger partial charge >= 0.3 is 19.8 Å². The summed E-state index contributed by atoms with van der Waals surface area (Å²) in [6.45, 7) is 4.50. The molecule has 1 N–H and O–H groups in total. The van der Waals surface area contributed by atoms with Crippen LogP contribution in [0.1, 0.15) is 393 Å². The van der Waals surface area contributed by atoms with Crippen molar-refractivity contribution < 1.29 is 42.1 Å². The number of carbonyl (C=O) groups is 2. The Balaban J connectivity index is 3.93. The molecule has 0 spiro atoms. The molecule has 2 unspecified atom stereocenters. The van der Waals surface area contributed by atoms with Crippen LogP contribution < -0.4 is 0 Å². The predicted molar refractivity (Wildman–Crippen MR) is 377 cm³/mol. The van der Waals surface area contributed by atoms with Gasteiger partial charge in [0.25, 0.3) is 0 Å². The van der Waals surface area contributed by atoms with Crippen LogP contribution in [0.5, 0.6) is 0 Å². The van der Waals surface area contributed by atoms with Gasteiger partial charge in [-0.15, -0.1) is 0 Å². The molecule has 0 radical (unpaired) electrons. The number of rotatable bonds is 72. The predicted octanol–water partition coefficient (Wildman–Crippen LogP) is 25.0.